The van der Waals surface area contributed by atoms with Crippen LogP contribution in [0.15, 0.2) is 205 Å². The molecule has 9 aromatic carbocycles. The van der Waals surface area contributed by atoms with E-state index in [-0.39, 0.29) is 5.41 Å². The van der Waals surface area contributed by atoms with Crippen LogP contribution in [0.3, 0.4) is 0 Å². The first-order valence-corrected chi connectivity index (χ1v) is 22.0. The highest BCUT2D eigenvalue weighted by molar-refractivity contribution is 7.25. The summed E-state index contributed by atoms with van der Waals surface area (Å²) in [4.78, 5) is 2.47. The van der Waals surface area contributed by atoms with Crippen molar-refractivity contribution >= 4 is 70.5 Å². The van der Waals surface area contributed by atoms with Crippen LogP contribution in [-0.2, 0) is 10.8 Å². The Morgan fingerprint density at radius 3 is 1.87 bits per heavy atom. The van der Waals surface area contributed by atoms with E-state index in [0.29, 0.717) is 0 Å². The number of hydrogen-bond donors (Lipinski definition) is 0. The first-order chi connectivity index (χ1) is 30.0. The van der Waals surface area contributed by atoms with Gasteiger partial charge >= 0.3 is 0 Å². The Bertz CT molecular complexity index is 3540. The molecule has 0 fully saturated rings. The summed E-state index contributed by atoms with van der Waals surface area (Å²) < 4.78 is 9.61. The first-order valence-electron chi connectivity index (χ1n) is 21.2. The number of nitrogens with zero attached hydrogens (tertiary/aromatic N) is 1. The molecule has 0 saturated heterocycles. The van der Waals surface area contributed by atoms with Gasteiger partial charge in [0.1, 0.15) is 11.2 Å². The van der Waals surface area contributed by atoms with Gasteiger partial charge in [0.2, 0.25) is 0 Å². The molecule has 13 rings (SSSR count). The zero-order valence-electron chi connectivity index (χ0n) is 33.8. The number of fused-ring (bicyclic) bond motifs is 13. The topological polar surface area (TPSA) is 16.4 Å². The van der Waals surface area contributed by atoms with E-state index in [4.69, 9.17) is 4.42 Å². The third-order valence-corrected chi connectivity index (χ3v) is 14.9. The maximum absolute atomic E-state index is 7.05. The summed E-state index contributed by atoms with van der Waals surface area (Å²) in [6, 6.07) is 74.2. The zero-order valence-corrected chi connectivity index (χ0v) is 34.6. The van der Waals surface area contributed by atoms with E-state index in [2.05, 4.69) is 219 Å². The van der Waals surface area contributed by atoms with Crippen molar-refractivity contribution < 1.29 is 4.42 Å². The molecule has 11 aromatic rings. The van der Waals surface area contributed by atoms with Crippen molar-refractivity contribution in [2.75, 3.05) is 4.90 Å². The Morgan fingerprint density at radius 1 is 0.443 bits per heavy atom. The predicted molar refractivity (Wildman–Crippen MR) is 256 cm³/mol. The average Bonchev–Trinajstić information content (AvgIpc) is 4.03. The lowest BCUT2D eigenvalue weighted by Crippen LogP contribution is -2.28. The third kappa shape index (κ3) is 4.67. The lowest BCUT2D eigenvalue weighted by Gasteiger charge is -2.35. The highest BCUT2D eigenvalue weighted by Gasteiger charge is 2.46. The first kappa shape index (κ1) is 34.6. The third-order valence-electron chi connectivity index (χ3n) is 13.7. The average molecular weight is 798 g/mol. The van der Waals surface area contributed by atoms with Crippen molar-refractivity contribution in [2.45, 2.75) is 24.7 Å². The summed E-state index contributed by atoms with van der Waals surface area (Å²) in [7, 11) is 0. The minimum absolute atomic E-state index is 0.125. The molecule has 0 atom stereocenters. The molecule has 0 amide bonds. The molecule has 0 radical (unpaired) electrons. The molecule has 2 heterocycles. The zero-order chi connectivity index (χ0) is 40.5. The van der Waals surface area contributed by atoms with Gasteiger partial charge in [-0.3, -0.25) is 0 Å². The molecule has 61 heavy (non-hydrogen) atoms. The van der Waals surface area contributed by atoms with Crippen LogP contribution in [0, 0.1) is 0 Å². The van der Waals surface area contributed by atoms with Crippen LogP contribution in [0.1, 0.15) is 47.2 Å². The number of benzene rings is 9. The second-order valence-electron chi connectivity index (χ2n) is 17.2. The quantitative estimate of drug-likeness (QED) is 0.172. The lowest BCUT2D eigenvalue weighted by atomic mass is 9.67. The summed E-state index contributed by atoms with van der Waals surface area (Å²) in [6.45, 7) is 4.67. The van der Waals surface area contributed by atoms with Gasteiger partial charge < -0.3 is 9.32 Å². The Balaban J connectivity index is 1.10. The molecule has 0 aliphatic heterocycles. The molecule has 0 spiro atoms. The molecule has 2 aliphatic carbocycles. The summed E-state index contributed by atoms with van der Waals surface area (Å²) >= 11 is 1.86. The molecule has 0 bridgehead atoms. The van der Waals surface area contributed by atoms with Crippen LogP contribution < -0.4 is 4.90 Å². The monoisotopic (exact) mass is 797 g/mol. The van der Waals surface area contributed by atoms with Crippen molar-refractivity contribution in [3.8, 4) is 22.3 Å². The van der Waals surface area contributed by atoms with Gasteiger partial charge in [0.05, 0.1) is 16.5 Å². The number of thiophene rings is 1. The summed E-state index contributed by atoms with van der Waals surface area (Å²) in [5, 5.41) is 4.81. The van der Waals surface area contributed by atoms with E-state index in [1.54, 1.807) is 0 Å². The van der Waals surface area contributed by atoms with Crippen LogP contribution in [-0.4, -0.2) is 0 Å². The fourth-order valence-corrected chi connectivity index (χ4v) is 12.2. The van der Waals surface area contributed by atoms with Crippen molar-refractivity contribution in [1.82, 2.24) is 0 Å². The smallest absolute Gasteiger partial charge is 0.143 e. The second kappa shape index (κ2) is 12.7. The summed E-state index contributed by atoms with van der Waals surface area (Å²) in [5.41, 5.74) is 17.2. The molecular weight excluding hydrogens is 759 g/mol. The van der Waals surface area contributed by atoms with Gasteiger partial charge in [-0.1, -0.05) is 172 Å². The molecule has 0 saturated carbocycles. The maximum atomic E-state index is 7.05. The van der Waals surface area contributed by atoms with Gasteiger partial charge in [0, 0.05) is 47.9 Å². The molecule has 2 nitrogen and oxygen atoms in total. The number of furan rings is 1. The van der Waals surface area contributed by atoms with Crippen molar-refractivity contribution in [3.63, 3.8) is 0 Å². The minimum Gasteiger partial charge on any atom is -0.455 e. The van der Waals surface area contributed by atoms with Gasteiger partial charge in [0.15, 0.2) is 0 Å². The maximum Gasteiger partial charge on any atom is 0.143 e. The Hall–Kier alpha value is -7.20. The van der Waals surface area contributed by atoms with E-state index in [9.17, 15) is 0 Å². The minimum atomic E-state index is -0.527. The highest BCUT2D eigenvalue weighted by Crippen LogP contribution is 2.58. The van der Waals surface area contributed by atoms with Crippen LogP contribution in [0.5, 0.6) is 0 Å². The van der Waals surface area contributed by atoms with Gasteiger partial charge in [-0.15, -0.1) is 11.3 Å². The summed E-state index contributed by atoms with van der Waals surface area (Å²) in [5.74, 6) is 0. The van der Waals surface area contributed by atoms with E-state index in [1.165, 1.54) is 75.8 Å². The predicted octanol–water partition coefficient (Wildman–Crippen LogP) is 16.1. The van der Waals surface area contributed by atoms with Gasteiger partial charge in [-0.25, -0.2) is 0 Å². The van der Waals surface area contributed by atoms with E-state index in [0.717, 1.165) is 39.0 Å². The molecule has 3 heteroatoms. The van der Waals surface area contributed by atoms with Crippen molar-refractivity contribution in [3.05, 3.63) is 234 Å². The molecule has 288 valence electrons. The van der Waals surface area contributed by atoms with Crippen molar-refractivity contribution in [1.29, 1.82) is 0 Å². The van der Waals surface area contributed by atoms with Gasteiger partial charge in [-0.2, -0.15) is 0 Å². The molecule has 2 aliphatic rings. The van der Waals surface area contributed by atoms with Crippen molar-refractivity contribution in [2.24, 2.45) is 0 Å². The second-order valence-corrected chi connectivity index (χ2v) is 18.2. The Kier molecular flexibility index (Phi) is 7.19. The standard InChI is InChI=1S/C58H39NOS/c1-57(2)46-24-10-8-23-44(46)54-49(57)33-32-45-55-50(27-15-28-51(55)60-56(45)54)59(39-30-31-43-42-22-9-13-29-52(42)61-53(43)35-39)38-19-14-18-37(34-38)58(36-16-4-3-5-17-36)47-25-11-6-20-40(47)41-21-7-12-26-48(41)58/h3-35H,1-2H3. The molecular formula is C58H39NOS. The van der Waals surface area contributed by atoms with Crippen LogP contribution in [0.4, 0.5) is 17.1 Å². The molecule has 2 aromatic heterocycles. The number of rotatable bonds is 5. The van der Waals surface area contributed by atoms with E-state index < -0.39 is 5.41 Å². The Labute approximate surface area is 358 Å². The number of anilines is 3. The Morgan fingerprint density at radius 2 is 1.07 bits per heavy atom. The lowest BCUT2D eigenvalue weighted by molar-refractivity contribution is 0.653. The summed E-state index contributed by atoms with van der Waals surface area (Å²) in [6.07, 6.45) is 0. The fourth-order valence-electron chi connectivity index (χ4n) is 11.1. The number of hydrogen-bond acceptors (Lipinski definition) is 3. The van der Waals surface area contributed by atoms with E-state index >= 15 is 0 Å². The SMILES string of the molecule is CC1(C)c2ccccc2-c2c1ccc1c2oc2cccc(N(c3cccc(C4(c5ccccc5)c5ccccc5-c5ccccc54)c3)c3ccc4c(c3)sc3ccccc34)c21. The van der Waals surface area contributed by atoms with Gasteiger partial charge in [-0.05, 0) is 92.5 Å². The van der Waals surface area contributed by atoms with E-state index in [1.807, 2.05) is 11.3 Å². The van der Waals surface area contributed by atoms with Gasteiger partial charge in [0.25, 0.3) is 0 Å². The fraction of sp³-hybridized carbons (Fsp3) is 0.0690. The van der Waals surface area contributed by atoms with Crippen LogP contribution in [0.25, 0.3) is 64.4 Å². The normalized spacial score (nSPS) is 14.3. The largest absolute Gasteiger partial charge is 0.455 e. The molecule has 0 N–H and O–H groups in total. The highest BCUT2D eigenvalue weighted by atomic mass is 32.1. The van der Waals surface area contributed by atoms with Crippen LogP contribution >= 0.6 is 11.3 Å². The van der Waals surface area contributed by atoms with Crippen LogP contribution in [0.2, 0.25) is 0 Å². The molecule has 0 unspecified atom stereocenters.